The molecule has 5 rings (SSSR count). The maximum absolute atomic E-state index is 4.90. The summed E-state index contributed by atoms with van der Waals surface area (Å²) in [5.41, 5.74) is 9.03. The summed E-state index contributed by atoms with van der Waals surface area (Å²) in [5, 5.41) is 15.0. The van der Waals surface area contributed by atoms with Crippen molar-refractivity contribution in [1.82, 2.24) is 25.1 Å². The molecule has 1 aliphatic rings. The predicted octanol–water partition coefficient (Wildman–Crippen LogP) is 5.75. The summed E-state index contributed by atoms with van der Waals surface area (Å²) in [6, 6.07) is 12.9. The third kappa shape index (κ3) is 5.52. The molecule has 0 radical (unpaired) electrons. The average molecular weight is 468 g/mol. The Morgan fingerprint density at radius 1 is 0.971 bits per heavy atom. The fourth-order valence-corrected chi connectivity index (χ4v) is 4.60. The van der Waals surface area contributed by atoms with Crippen LogP contribution in [-0.4, -0.2) is 26.3 Å². The Labute approximate surface area is 207 Å². The second-order valence-corrected chi connectivity index (χ2v) is 9.84. The zero-order chi connectivity index (χ0) is 24.4. The second-order valence-electron chi connectivity index (χ2n) is 9.84. The van der Waals surface area contributed by atoms with Crippen LogP contribution < -0.4 is 16.0 Å². The molecule has 0 saturated carbocycles. The highest BCUT2D eigenvalue weighted by Crippen LogP contribution is 2.31. The standard InChI is InChI=1S/C28H33N7/c1-18(2)16-35-17-23(14-31-35)26-15-30-28(33-25-10-19(3)9-20(4)11-25)34-27(26)32-24-6-5-21-7-8-29-13-22(21)12-24/h5-6,9-12,14-15,17-18,29H,7-8,13,16H2,1-4H3,(H2,30,32,33,34). The minimum absolute atomic E-state index is 0.519. The Hall–Kier alpha value is -3.71. The molecule has 0 bridgehead atoms. The van der Waals surface area contributed by atoms with Gasteiger partial charge in [-0.3, -0.25) is 4.68 Å². The molecular formula is C28H33N7. The van der Waals surface area contributed by atoms with E-state index in [2.05, 4.69) is 96.3 Å². The van der Waals surface area contributed by atoms with Gasteiger partial charge in [-0.05, 0) is 79.3 Å². The zero-order valence-corrected chi connectivity index (χ0v) is 20.9. The van der Waals surface area contributed by atoms with Crippen LogP contribution in [0.25, 0.3) is 11.1 Å². The van der Waals surface area contributed by atoms with E-state index in [0.29, 0.717) is 11.9 Å². The average Bonchev–Trinajstić information content (AvgIpc) is 3.26. The Balaban J connectivity index is 1.50. The molecule has 0 amide bonds. The third-order valence-electron chi connectivity index (χ3n) is 6.12. The quantitative estimate of drug-likeness (QED) is 0.321. The fraction of sp³-hybridized carbons (Fsp3) is 0.321. The number of nitrogens with one attached hydrogen (secondary N) is 3. The number of anilines is 4. The second kappa shape index (κ2) is 9.88. The van der Waals surface area contributed by atoms with Gasteiger partial charge in [0.05, 0.1) is 6.20 Å². The fourth-order valence-electron chi connectivity index (χ4n) is 4.60. The molecule has 0 unspecified atom stereocenters. The Bertz CT molecular complexity index is 1320. The van der Waals surface area contributed by atoms with Crippen molar-refractivity contribution in [2.24, 2.45) is 5.92 Å². The van der Waals surface area contributed by atoms with Crippen LogP contribution in [0.2, 0.25) is 0 Å². The van der Waals surface area contributed by atoms with Crippen LogP contribution in [0.5, 0.6) is 0 Å². The van der Waals surface area contributed by atoms with Gasteiger partial charge >= 0.3 is 0 Å². The summed E-state index contributed by atoms with van der Waals surface area (Å²) in [7, 11) is 0. The summed E-state index contributed by atoms with van der Waals surface area (Å²) >= 11 is 0. The molecule has 7 heteroatoms. The van der Waals surface area contributed by atoms with Crippen molar-refractivity contribution in [2.75, 3.05) is 17.2 Å². The van der Waals surface area contributed by atoms with Gasteiger partial charge in [0.25, 0.3) is 0 Å². The van der Waals surface area contributed by atoms with E-state index in [1.54, 1.807) is 0 Å². The van der Waals surface area contributed by atoms with Crippen molar-refractivity contribution in [2.45, 2.75) is 47.2 Å². The van der Waals surface area contributed by atoms with Crippen molar-refractivity contribution in [3.05, 3.63) is 77.2 Å². The minimum atomic E-state index is 0.519. The number of nitrogens with zero attached hydrogens (tertiary/aromatic N) is 4. The van der Waals surface area contributed by atoms with Crippen LogP contribution in [-0.2, 0) is 19.5 Å². The van der Waals surface area contributed by atoms with Crippen molar-refractivity contribution >= 4 is 23.1 Å². The first kappa shape index (κ1) is 23.1. The van der Waals surface area contributed by atoms with Crippen molar-refractivity contribution in [3.8, 4) is 11.1 Å². The highest BCUT2D eigenvalue weighted by molar-refractivity contribution is 5.78. The number of hydrogen-bond acceptors (Lipinski definition) is 6. The summed E-state index contributed by atoms with van der Waals surface area (Å²) in [4.78, 5) is 9.54. The lowest BCUT2D eigenvalue weighted by molar-refractivity contribution is 0.483. The SMILES string of the molecule is Cc1cc(C)cc(Nc2ncc(-c3cnn(CC(C)C)c3)c(Nc3ccc4c(c3)CNCC4)n2)c1. The molecule has 7 nitrogen and oxygen atoms in total. The van der Waals surface area contributed by atoms with Crippen molar-refractivity contribution in [1.29, 1.82) is 0 Å². The summed E-state index contributed by atoms with van der Waals surface area (Å²) in [5.74, 6) is 1.82. The molecule has 3 N–H and O–H groups in total. The van der Waals surface area contributed by atoms with Gasteiger partial charge < -0.3 is 16.0 Å². The van der Waals surface area contributed by atoms with E-state index in [4.69, 9.17) is 4.98 Å². The van der Waals surface area contributed by atoms with E-state index in [1.807, 2.05) is 17.1 Å². The number of aryl methyl sites for hydroxylation is 2. The lowest BCUT2D eigenvalue weighted by atomic mass is 10.0. The van der Waals surface area contributed by atoms with Crippen LogP contribution in [0, 0.1) is 19.8 Å². The van der Waals surface area contributed by atoms with Crippen LogP contribution >= 0.6 is 0 Å². The number of benzene rings is 2. The molecule has 35 heavy (non-hydrogen) atoms. The topological polar surface area (TPSA) is 79.7 Å². The van der Waals surface area contributed by atoms with Crippen molar-refractivity contribution in [3.63, 3.8) is 0 Å². The molecule has 3 heterocycles. The van der Waals surface area contributed by atoms with E-state index in [0.717, 1.165) is 54.4 Å². The molecule has 0 spiro atoms. The largest absolute Gasteiger partial charge is 0.340 e. The van der Waals surface area contributed by atoms with E-state index in [9.17, 15) is 0 Å². The van der Waals surface area contributed by atoms with E-state index < -0.39 is 0 Å². The molecule has 2 aromatic carbocycles. The first-order valence-electron chi connectivity index (χ1n) is 12.3. The van der Waals surface area contributed by atoms with E-state index >= 15 is 0 Å². The lowest BCUT2D eigenvalue weighted by Crippen LogP contribution is -2.23. The van der Waals surface area contributed by atoms with E-state index in [1.165, 1.54) is 22.3 Å². The van der Waals surface area contributed by atoms with Gasteiger partial charge in [-0.25, -0.2) is 4.98 Å². The molecule has 0 saturated heterocycles. The summed E-state index contributed by atoms with van der Waals surface area (Å²) < 4.78 is 1.98. The molecule has 0 aliphatic carbocycles. The van der Waals surface area contributed by atoms with Gasteiger partial charge in [0, 0.05) is 48.0 Å². The van der Waals surface area contributed by atoms with Crippen LogP contribution in [0.15, 0.2) is 55.0 Å². The highest BCUT2D eigenvalue weighted by atomic mass is 15.3. The Morgan fingerprint density at radius 3 is 2.60 bits per heavy atom. The Kier molecular flexibility index (Phi) is 6.51. The molecular weight excluding hydrogens is 434 g/mol. The third-order valence-corrected chi connectivity index (χ3v) is 6.12. The monoisotopic (exact) mass is 467 g/mol. The smallest absolute Gasteiger partial charge is 0.229 e. The number of hydrogen-bond donors (Lipinski definition) is 3. The van der Waals surface area contributed by atoms with Gasteiger partial charge in [-0.1, -0.05) is 26.0 Å². The summed E-state index contributed by atoms with van der Waals surface area (Å²) in [6.07, 6.45) is 6.89. The maximum Gasteiger partial charge on any atom is 0.229 e. The summed E-state index contributed by atoms with van der Waals surface area (Å²) in [6.45, 7) is 11.4. The maximum atomic E-state index is 4.90. The molecule has 4 aromatic rings. The van der Waals surface area contributed by atoms with Crippen LogP contribution in [0.4, 0.5) is 23.1 Å². The first-order chi connectivity index (χ1) is 16.9. The van der Waals surface area contributed by atoms with Gasteiger partial charge in [-0.15, -0.1) is 0 Å². The lowest BCUT2D eigenvalue weighted by Gasteiger charge is -2.19. The van der Waals surface area contributed by atoms with Crippen LogP contribution in [0.3, 0.4) is 0 Å². The minimum Gasteiger partial charge on any atom is -0.340 e. The van der Waals surface area contributed by atoms with E-state index in [-0.39, 0.29) is 0 Å². The number of fused-ring (bicyclic) bond motifs is 1. The molecule has 0 atom stereocenters. The normalized spacial score (nSPS) is 13.1. The molecule has 1 aliphatic heterocycles. The molecule has 180 valence electrons. The highest BCUT2D eigenvalue weighted by Gasteiger charge is 2.15. The van der Waals surface area contributed by atoms with Gasteiger partial charge in [0.1, 0.15) is 5.82 Å². The van der Waals surface area contributed by atoms with Gasteiger partial charge in [-0.2, -0.15) is 10.1 Å². The van der Waals surface area contributed by atoms with Crippen LogP contribution in [0.1, 0.15) is 36.1 Å². The predicted molar refractivity (Wildman–Crippen MR) is 142 cm³/mol. The Morgan fingerprint density at radius 2 is 1.80 bits per heavy atom. The van der Waals surface area contributed by atoms with Gasteiger partial charge in [0.15, 0.2) is 0 Å². The molecule has 0 fully saturated rings. The van der Waals surface area contributed by atoms with Crippen molar-refractivity contribution < 1.29 is 0 Å². The number of rotatable bonds is 7. The number of aromatic nitrogens is 4. The van der Waals surface area contributed by atoms with Gasteiger partial charge in [0.2, 0.25) is 5.95 Å². The first-order valence-corrected chi connectivity index (χ1v) is 12.3. The molecule has 2 aromatic heterocycles. The zero-order valence-electron chi connectivity index (χ0n) is 20.9.